The van der Waals surface area contributed by atoms with E-state index in [4.69, 9.17) is 25.8 Å². The standard InChI is InChI=1S/C18H22ClNO4/c1-22-16-5-4-14(21)8-13(16)11-20-7-6-12-9-18(24-3)15(19)10-17(12)23-2/h4-5,8-10,20-21H,6-7,11H2,1-3H3. The Morgan fingerprint density at radius 2 is 1.62 bits per heavy atom. The second-order valence-electron chi connectivity index (χ2n) is 5.22. The molecule has 0 bridgehead atoms. The van der Waals surface area contributed by atoms with Crippen LogP contribution in [-0.4, -0.2) is 33.0 Å². The van der Waals surface area contributed by atoms with Gasteiger partial charge in [0.2, 0.25) is 0 Å². The molecule has 2 aromatic rings. The first-order valence-corrected chi connectivity index (χ1v) is 7.93. The highest BCUT2D eigenvalue weighted by Gasteiger charge is 2.10. The van der Waals surface area contributed by atoms with Gasteiger partial charge in [-0.25, -0.2) is 0 Å². The van der Waals surface area contributed by atoms with Crippen LogP contribution >= 0.6 is 11.6 Å². The predicted molar refractivity (Wildman–Crippen MR) is 94.6 cm³/mol. The van der Waals surface area contributed by atoms with E-state index in [0.29, 0.717) is 17.3 Å². The lowest BCUT2D eigenvalue weighted by molar-refractivity contribution is 0.398. The zero-order valence-corrected chi connectivity index (χ0v) is 14.8. The van der Waals surface area contributed by atoms with E-state index >= 15 is 0 Å². The van der Waals surface area contributed by atoms with Crippen LogP contribution in [0.25, 0.3) is 0 Å². The summed E-state index contributed by atoms with van der Waals surface area (Å²) < 4.78 is 15.9. The molecule has 0 saturated carbocycles. The fourth-order valence-corrected chi connectivity index (χ4v) is 2.70. The first kappa shape index (κ1) is 18.2. The molecular formula is C18H22ClNO4. The molecular weight excluding hydrogens is 330 g/mol. The quantitative estimate of drug-likeness (QED) is 0.714. The minimum atomic E-state index is 0.219. The highest BCUT2D eigenvalue weighted by atomic mass is 35.5. The molecule has 0 spiro atoms. The Labute approximate surface area is 147 Å². The van der Waals surface area contributed by atoms with Gasteiger partial charge in [0.25, 0.3) is 0 Å². The summed E-state index contributed by atoms with van der Waals surface area (Å²) in [6, 6.07) is 8.69. The molecule has 0 saturated heterocycles. The predicted octanol–water partition coefficient (Wildman–Crippen LogP) is 3.40. The van der Waals surface area contributed by atoms with Gasteiger partial charge in [-0.05, 0) is 42.8 Å². The first-order chi connectivity index (χ1) is 11.6. The van der Waals surface area contributed by atoms with Gasteiger partial charge in [0.15, 0.2) is 0 Å². The number of rotatable bonds is 8. The molecule has 0 unspecified atom stereocenters. The zero-order valence-electron chi connectivity index (χ0n) is 14.1. The average Bonchev–Trinajstić information content (AvgIpc) is 2.59. The van der Waals surface area contributed by atoms with Gasteiger partial charge in [0, 0.05) is 18.2 Å². The Hall–Kier alpha value is -2.11. The summed E-state index contributed by atoms with van der Waals surface area (Å²) in [5, 5.41) is 13.5. The summed E-state index contributed by atoms with van der Waals surface area (Å²) >= 11 is 6.11. The van der Waals surface area contributed by atoms with Crippen LogP contribution in [0.3, 0.4) is 0 Å². The number of phenolic OH excluding ortho intramolecular Hbond substituents is 1. The van der Waals surface area contributed by atoms with Crippen LogP contribution in [0.15, 0.2) is 30.3 Å². The van der Waals surface area contributed by atoms with Crippen molar-refractivity contribution in [2.24, 2.45) is 0 Å². The second kappa shape index (κ2) is 8.66. The van der Waals surface area contributed by atoms with E-state index in [-0.39, 0.29) is 5.75 Å². The van der Waals surface area contributed by atoms with Crippen molar-refractivity contribution in [3.05, 3.63) is 46.5 Å². The molecule has 0 amide bonds. The summed E-state index contributed by atoms with van der Waals surface area (Å²) in [6.45, 7) is 1.31. The smallest absolute Gasteiger partial charge is 0.137 e. The van der Waals surface area contributed by atoms with Gasteiger partial charge in [0.05, 0.1) is 26.4 Å². The number of benzene rings is 2. The van der Waals surface area contributed by atoms with Crippen molar-refractivity contribution < 1.29 is 19.3 Å². The summed E-state index contributed by atoms with van der Waals surface area (Å²) in [7, 11) is 4.82. The third kappa shape index (κ3) is 4.46. The van der Waals surface area contributed by atoms with E-state index in [1.54, 1.807) is 45.6 Å². The largest absolute Gasteiger partial charge is 0.508 e. The molecule has 0 aliphatic carbocycles. The minimum absolute atomic E-state index is 0.219. The van der Waals surface area contributed by atoms with Crippen LogP contribution in [0.4, 0.5) is 0 Å². The van der Waals surface area contributed by atoms with Crippen LogP contribution in [0, 0.1) is 0 Å². The van der Waals surface area contributed by atoms with Crippen molar-refractivity contribution >= 4 is 11.6 Å². The van der Waals surface area contributed by atoms with Crippen LogP contribution < -0.4 is 19.5 Å². The Bertz CT molecular complexity index is 691. The molecule has 0 aromatic heterocycles. The molecule has 130 valence electrons. The number of hydrogen-bond donors (Lipinski definition) is 2. The fraction of sp³-hybridized carbons (Fsp3) is 0.333. The SMILES string of the molecule is COc1cc(CCNCc2cc(O)ccc2OC)c(OC)cc1Cl. The van der Waals surface area contributed by atoms with E-state index in [9.17, 15) is 5.11 Å². The summed E-state index contributed by atoms with van der Waals surface area (Å²) in [6.07, 6.45) is 0.748. The number of halogens is 1. The highest BCUT2D eigenvalue weighted by Crippen LogP contribution is 2.32. The van der Waals surface area contributed by atoms with Crippen LogP contribution in [0.5, 0.6) is 23.0 Å². The lowest BCUT2D eigenvalue weighted by Gasteiger charge is -2.13. The number of aromatic hydroxyl groups is 1. The van der Waals surface area contributed by atoms with Crippen molar-refractivity contribution in [1.82, 2.24) is 5.32 Å². The third-order valence-corrected chi connectivity index (χ3v) is 4.00. The molecule has 0 fully saturated rings. The highest BCUT2D eigenvalue weighted by molar-refractivity contribution is 6.32. The molecule has 0 aliphatic heterocycles. The number of hydrogen-bond acceptors (Lipinski definition) is 5. The lowest BCUT2D eigenvalue weighted by Crippen LogP contribution is -2.17. The van der Waals surface area contributed by atoms with Gasteiger partial charge >= 0.3 is 0 Å². The molecule has 0 atom stereocenters. The summed E-state index contributed by atoms with van der Waals surface area (Å²) in [5.41, 5.74) is 1.91. The van der Waals surface area contributed by atoms with Gasteiger partial charge in [0.1, 0.15) is 23.0 Å². The fourth-order valence-electron chi connectivity index (χ4n) is 2.47. The van der Waals surface area contributed by atoms with E-state index in [1.165, 1.54) is 0 Å². The summed E-state index contributed by atoms with van der Waals surface area (Å²) in [4.78, 5) is 0. The Morgan fingerprint density at radius 1 is 0.917 bits per heavy atom. The van der Waals surface area contributed by atoms with Gasteiger partial charge in [-0.3, -0.25) is 0 Å². The molecule has 5 nitrogen and oxygen atoms in total. The number of methoxy groups -OCH3 is 3. The zero-order chi connectivity index (χ0) is 17.5. The van der Waals surface area contributed by atoms with E-state index < -0.39 is 0 Å². The number of ether oxygens (including phenoxy) is 3. The maximum absolute atomic E-state index is 9.59. The minimum Gasteiger partial charge on any atom is -0.508 e. The van der Waals surface area contributed by atoms with Crippen molar-refractivity contribution in [3.8, 4) is 23.0 Å². The van der Waals surface area contributed by atoms with Crippen molar-refractivity contribution in [3.63, 3.8) is 0 Å². The Morgan fingerprint density at radius 3 is 2.29 bits per heavy atom. The van der Waals surface area contributed by atoms with Crippen LogP contribution in [0.2, 0.25) is 5.02 Å². The third-order valence-electron chi connectivity index (χ3n) is 3.71. The number of phenols is 1. The van der Waals surface area contributed by atoms with E-state index in [1.807, 2.05) is 6.07 Å². The maximum Gasteiger partial charge on any atom is 0.137 e. The van der Waals surface area contributed by atoms with Gasteiger partial charge in [-0.2, -0.15) is 0 Å². The molecule has 0 radical (unpaired) electrons. The Kier molecular flexibility index (Phi) is 6.58. The van der Waals surface area contributed by atoms with E-state index in [2.05, 4.69) is 5.32 Å². The van der Waals surface area contributed by atoms with Crippen LogP contribution in [0.1, 0.15) is 11.1 Å². The van der Waals surface area contributed by atoms with Gasteiger partial charge < -0.3 is 24.6 Å². The normalized spacial score (nSPS) is 10.5. The topological polar surface area (TPSA) is 60.0 Å². The van der Waals surface area contributed by atoms with Crippen molar-refractivity contribution in [2.75, 3.05) is 27.9 Å². The summed E-state index contributed by atoms with van der Waals surface area (Å²) in [5.74, 6) is 2.32. The van der Waals surface area contributed by atoms with Crippen molar-refractivity contribution in [2.45, 2.75) is 13.0 Å². The van der Waals surface area contributed by atoms with Crippen molar-refractivity contribution in [1.29, 1.82) is 0 Å². The average molecular weight is 352 g/mol. The van der Waals surface area contributed by atoms with Gasteiger partial charge in [-0.1, -0.05) is 11.6 Å². The van der Waals surface area contributed by atoms with E-state index in [0.717, 1.165) is 35.6 Å². The molecule has 24 heavy (non-hydrogen) atoms. The second-order valence-corrected chi connectivity index (χ2v) is 5.63. The molecule has 2 aromatic carbocycles. The molecule has 2 rings (SSSR count). The monoisotopic (exact) mass is 351 g/mol. The first-order valence-electron chi connectivity index (χ1n) is 7.56. The molecule has 2 N–H and O–H groups in total. The Balaban J connectivity index is 1.99. The van der Waals surface area contributed by atoms with Gasteiger partial charge in [-0.15, -0.1) is 0 Å². The number of nitrogens with one attached hydrogen (secondary N) is 1. The molecule has 0 heterocycles. The maximum atomic E-state index is 9.59. The molecule has 0 aliphatic rings. The molecule has 6 heteroatoms. The lowest BCUT2D eigenvalue weighted by atomic mass is 10.1. The van der Waals surface area contributed by atoms with Crippen LogP contribution in [-0.2, 0) is 13.0 Å².